The molecule has 0 spiro atoms. The first-order valence-corrected chi connectivity index (χ1v) is 10.1. The zero-order valence-corrected chi connectivity index (χ0v) is 17.4. The van der Waals surface area contributed by atoms with Gasteiger partial charge in [0.25, 0.3) is 5.91 Å². The van der Waals surface area contributed by atoms with Gasteiger partial charge in [0.1, 0.15) is 5.82 Å². The molecule has 0 saturated carbocycles. The topological polar surface area (TPSA) is 78.0 Å². The molecule has 0 unspecified atom stereocenters. The number of H-pyrrole nitrogens is 1. The number of amides is 1. The molecule has 1 aromatic carbocycles. The van der Waals surface area contributed by atoms with Crippen molar-refractivity contribution in [3.63, 3.8) is 0 Å². The van der Waals surface area contributed by atoms with Gasteiger partial charge in [0.15, 0.2) is 0 Å². The predicted octanol–water partition coefficient (Wildman–Crippen LogP) is 3.75. The molecule has 1 aliphatic rings. The third-order valence-corrected chi connectivity index (χ3v) is 5.48. The van der Waals surface area contributed by atoms with Crippen LogP contribution in [-0.4, -0.2) is 51.6 Å². The Hall–Kier alpha value is -3.29. The Kier molecular flexibility index (Phi) is 5.48. The maximum Gasteiger partial charge on any atom is 0.257 e. The van der Waals surface area contributed by atoms with E-state index in [2.05, 4.69) is 15.2 Å². The van der Waals surface area contributed by atoms with Crippen LogP contribution in [0.25, 0.3) is 11.1 Å². The van der Waals surface area contributed by atoms with E-state index in [0.29, 0.717) is 23.6 Å². The third kappa shape index (κ3) is 3.77. The Balaban J connectivity index is 1.82. The van der Waals surface area contributed by atoms with Crippen molar-refractivity contribution in [3.05, 3.63) is 59.4 Å². The fourth-order valence-corrected chi connectivity index (χ4v) is 3.91. The van der Waals surface area contributed by atoms with E-state index in [9.17, 15) is 9.18 Å². The van der Waals surface area contributed by atoms with Gasteiger partial charge in [-0.15, -0.1) is 0 Å². The van der Waals surface area contributed by atoms with E-state index in [0.717, 1.165) is 36.2 Å². The van der Waals surface area contributed by atoms with Crippen molar-refractivity contribution >= 4 is 11.9 Å². The molecule has 30 heavy (non-hydrogen) atoms. The summed E-state index contributed by atoms with van der Waals surface area (Å²) in [7, 11) is 3.75. The fourth-order valence-electron chi connectivity index (χ4n) is 3.91. The van der Waals surface area contributed by atoms with Crippen LogP contribution in [0.15, 0.2) is 36.7 Å². The largest absolute Gasteiger partial charge is 0.347 e. The van der Waals surface area contributed by atoms with E-state index in [-0.39, 0.29) is 17.8 Å². The molecule has 1 atom stereocenters. The van der Waals surface area contributed by atoms with E-state index in [4.69, 9.17) is 4.98 Å². The number of aromatic nitrogens is 4. The highest BCUT2D eigenvalue weighted by molar-refractivity contribution is 5.95. The number of likely N-dealkylation sites (tertiary alicyclic amines) is 1. The first-order valence-electron chi connectivity index (χ1n) is 10.1. The molecule has 1 N–H and O–H groups in total. The fraction of sp³-hybridized carbons (Fsp3) is 0.364. The number of benzene rings is 1. The summed E-state index contributed by atoms with van der Waals surface area (Å²) in [4.78, 5) is 26.3. The van der Waals surface area contributed by atoms with Gasteiger partial charge < -0.3 is 9.80 Å². The van der Waals surface area contributed by atoms with E-state index < -0.39 is 0 Å². The Bertz CT molecular complexity index is 1060. The molecule has 156 valence electrons. The maximum atomic E-state index is 13.9. The quantitative estimate of drug-likeness (QED) is 0.711. The molecule has 8 heteroatoms. The van der Waals surface area contributed by atoms with Crippen LogP contribution in [0.5, 0.6) is 0 Å². The van der Waals surface area contributed by atoms with Gasteiger partial charge in [-0.3, -0.25) is 9.89 Å². The van der Waals surface area contributed by atoms with Crippen LogP contribution in [-0.2, 0) is 0 Å². The first kappa shape index (κ1) is 20.0. The van der Waals surface area contributed by atoms with Crippen molar-refractivity contribution in [2.24, 2.45) is 0 Å². The summed E-state index contributed by atoms with van der Waals surface area (Å²) in [5.74, 6) is 0.171. The first-order chi connectivity index (χ1) is 14.5. The number of nitrogens with one attached hydrogen (secondary N) is 1. The summed E-state index contributed by atoms with van der Waals surface area (Å²) in [6.45, 7) is 2.48. The van der Waals surface area contributed by atoms with Gasteiger partial charge in [0, 0.05) is 38.1 Å². The summed E-state index contributed by atoms with van der Waals surface area (Å²) in [6.07, 6.45) is 6.01. The molecule has 1 amide bonds. The minimum atomic E-state index is -0.319. The second kappa shape index (κ2) is 8.22. The summed E-state index contributed by atoms with van der Waals surface area (Å²) < 4.78 is 13.9. The average molecular weight is 408 g/mol. The Morgan fingerprint density at radius 3 is 2.80 bits per heavy atom. The minimum Gasteiger partial charge on any atom is -0.347 e. The number of nitrogens with zero attached hydrogens (tertiary/aromatic N) is 5. The highest BCUT2D eigenvalue weighted by atomic mass is 19.1. The van der Waals surface area contributed by atoms with Crippen LogP contribution >= 0.6 is 0 Å². The van der Waals surface area contributed by atoms with Gasteiger partial charge in [0.2, 0.25) is 5.95 Å². The standard InChI is InChI=1S/C22H25FN6O/c1-14-17(13-25-27-14)21(30)29-10-5-4-9-19(29)20-18(12-24-22(26-20)28(2)3)15-7-6-8-16(23)11-15/h6-8,11-13,19H,4-5,9-10H2,1-3H3,(H,25,27)/t19-/m0/s1. The number of aryl methyl sites for hydroxylation is 1. The zero-order chi connectivity index (χ0) is 21.3. The zero-order valence-electron chi connectivity index (χ0n) is 17.4. The van der Waals surface area contributed by atoms with Gasteiger partial charge >= 0.3 is 0 Å². The van der Waals surface area contributed by atoms with E-state index in [1.807, 2.05) is 36.9 Å². The maximum absolute atomic E-state index is 13.9. The second-order valence-electron chi connectivity index (χ2n) is 7.79. The van der Waals surface area contributed by atoms with Crippen molar-refractivity contribution < 1.29 is 9.18 Å². The lowest BCUT2D eigenvalue weighted by atomic mass is 9.93. The minimum absolute atomic E-state index is 0.0684. The van der Waals surface area contributed by atoms with Gasteiger partial charge in [-0.25, -0.2) is 14.4 Å². The van der Waals surface area contributed by atoms with Crippen LogP contribution in [0.3, 0.4) is 0 Å². The molecule has 1 fully saturated rings. The lowest BCUT2D eigenvalue weighted by Crippen LogP contribution is -2.39. The third-order valence-electron chi connectivity index (χ3n) is 5.48. The van der Waals surface area contributed by atoms with E-state index in [1.165, 1.54) is 12.1 Å². The highest BCUT2D eigenvalue weighted by Crippen LogP contribution is 2.37. The number of piperidine rings is 1. The summed E-state index contributed by atoms with van der Waals surface area (Å²) in [5, 5.41) is 6.84. The van der Waals surface area contributed by atoms with Gasteiger partial charge in [-0.2, -0.15) is 5.10 Å². The van der Waals surface area contributed by atoms with Crippen molar-refractivity contribution in [1.29, 1.82) is 0 Å². The van der Waals surface area contributed by atoms with Crippen LogP contribution in [0.1, 0.15) is 47.1 Å². The van der Waals surface area contributed by atoms with Crippen molar-refractivity contribution in [2.45, 2.75) is 32.2 Å². The number of rotatable bonds is 4. The van der Waals surface area contributed by atoms with Gasteiger partial charge in [-0.05, 0) is 43.9 Å². The van der Waals surface area contributed by atoms with E-state index in [1.54, 1.807) is 18.5 Å². The van der Waals surface area contributed by atoms with Gasteiger partial charge in [-0.1, -0.05) is 12.1 Å². The molecule has 1 aliphatic heterocycles. The average Bonchev–Trinajstić information content (AvgIpc) is 3.18. The van der Waals surface area contributed by atoms with Crippen molar-refractivity contribution in [1.82, 2.24) is 25.1 Å². The van der Waals surface area contributed by atoms with Gasteiger partial charge in [0.05, 0.1) is 23.5 Å². The Morgan fingerprint density at radius 2 is 2.10 bits per heavy atom. The molecule has 0 bridgehead atoms. The van der Waals surface area contributed by atoms with Crippen LogP contribution < -0.4 is 4.90 Å². The Morgan fingerprint density at radius 1 is 1.27 bits per heavy atom. The summed E-state index contributed by atoms with van der Waals surface area (Å²) in [5.41, 5.74) is 3.50. The number of anilines is 1. The molecular formula is C22H25FN6O. The SMILES string of the molecule is Cc1[nH]ncc1C(=O)N1CCCC[C@H]1c1nc(N(C)C)ncc1-c1cccc(F)c1. The monoisotopic (exact) mass is 408 g/mol. The lowest BCUT2D eigenvalue weighted by molar-refractivity contribution is 0.0606. The van der Waals surface area contributed by atoms with Crippen LogP contribution in [0, 0.1) is 12.7 Å². The van der Waals surface area contributed by atoms with Crippen LogP contribution in [0.4, 0.5) is 10.3 Å². The predicted molar refractivity (Wildman–Crippen MR) is 113 cm³/mol. The number of hydrogen-bond donors (Lipinski definition) is 1. The van der Waals surface area contributed by atoms with Crippen molar-refractivity contribution in [2.75, 3.05) is 25.5 Å². The Labute approximate surface area is 175 Å². The molecule has 0 aliphatic carbocycles. The molecule has 3 aromatic rings. The number of aromatic amines is 1. The normalized spacial score (nSPS) is 16.5. The number of halogens is 1. The molecule has 4 rings (SSSR count). The summed E-state index contributed by atoms with van der Waals surface area (Å²) in [6, 6.07) is 6.19. The number of carbonyl (C=O) groups is 1. The van der Waals surface area contributed by atoms with Crippen molar-refractivity contribution in [3.8, 4) is 11.1 Å². The molecule has 1 saturated heterocycles. The number of hydrogen-bond acceptors (Lipinski definition) is 5. The molecule has 7 nitrogen and oxygen atoms in total. The number of carbonyl (C=O) groups excluding carboxylic acids is 1. The second-order valence-corrected chi connectivity index (χ2v) is 7.79. The smallest absolute Gasteiger partial charge is 0.257 e. The molecule has 0 radical (unpaired) electrons. The highest BCUT2D eigenvalue weighted by Gasteiger charge is 2.33. The van der Waals surface area contributed by atoms with E-state index >= 15 is 0 Å². The lowest BCUT2D eigenvalue weighted by Gasteiger charge is -2.36. The molecule has 2 aromatic heterocycles. The van der Waals surface area contributed by atoms with Crippen LogP contribution in [0.2, 0.25) is 0 Å². The summed E-state index contributed by atoms with van der Waals surface area (Å²) >= 11 is 0. The molecule has 3 heterocycles. The molecular weight excluding hydrogens is 383 g/mol.